The van der Waals surface area contributed by atoms with Crippen molar-refractivity contribution < 1.29 is 23.8 Å². The minimum absolute atomic E-state index is 0.0870. The number of likely N-dealkylation sites (tertiary alicyclic amines) is 1. The van der Waals surface area contributed by atoms with Crippen LogP contribution in [0, 0.1) is 20.8 Å². The normalized spacial score (nSPS) is 17.3. The third-order valence-electron chi connectivity index (χ3n) is 7.28. The first-order valence-corrected chi connectivity index (χ1v) is 12.7. The first-order valence-electron chi connectivity index (χ1n) is 12.7. The minimum atomic E-state index is -1.15. The number of fused-ring (bicyclic) bond motifs is 1. The molecule has 0 unspecified atom stereocenters. The molecule has 2 aromatic rings. The lowest BCUT2D eigenvalue weighted by Crippen LogP contribution is -2.45. The Hall–Kier alpha value is -2.93. The van der Waals surface area contributed by atoms with Gasteiger partial charge in [0.1, 0.15) is 6.17 Å². The van der Waals surface area contributed by atoms with E-state index in [0.717, 1.165) is 38.9 Å². The maximum absolute atomic E-state index is 13.6. The predicted octanol–water partition coefficient (Wildman–Crippen LogP) is 6.09. The van der Waals surface area contributed by atoms with E-state index in [4.69, 9.17) is 4.74 Å². The number of hydrogen-bond acceptors (Lipinski definition) is 3. The van der Waals surface area contributed by atoms with Crippen LogP contribution >= 0.6 is 0 Å². The van der Waals surface area contributed by atoms with Crippen molar-refractivity contribution in [3.63, 3.8) is 0 Å². The number of aryl methyl sites for hydroxylation is 1. The molecule has 2 heterocycles. The molecule has 1 saturated heterocycles. The van der Waals surface area contributed by atoms with Gasteiger partial charge in [0.15, 0.2) is 6.10 Å². The van der Waals surface area contributed by atoms with E-state index in [1.807, 2.05) is 65.8 Å². The molecule has 0 aromatic heterocycles. The zero-order valence-electron chi connectivity index (χ0n) is 22.2. The molecule has 194 valence electrons. The molecule has 0 aliphatic carbocycles. The molecule has 1 atom stereocenters. The molecule has 0 saturated carbocycles. The Labute approximate surface area is 213 Å². The lowest BCUT2D eigenvalue weighted by atomic mass is 9.83. The van der Waals surface area contributed by atoms with Gasteiger partial charge in [-0.05, 0) is 87.8 Å². The third kappa shape index (κ3) is 5.12. The molecule has 2 amide bonds. The molecule has 6 nitrogen and oxygen atoms in total. The second-order valence-electron chi connectivity index (χ2n) is 11.1. The lowest BCUT2D eigenvalue weighted by molar-refractivity contribution is -0.160. The summed E-state index contributed by atoms with van der Waals surface area (Å²) in [5, 5.41) is 10.3. The summed E-state index contributed by atoms with van der Waals surface area (Å²) < 4.78 is 19.8. The molecule has 2 aliphatic rings. The van der Waals surface area contributed by atoms with Crippen LogP contribution in [0.15, 0.2) is 24.3 Å². The number of hydrogen-bond donors (Lipinski definition) is 1. The van der Waals surface area contributed by atoms with Gasteiger partial charge in [-0.1, -0.05) is 29.8 Å². The summed E-state index contributed by atoms with van der Waals surface area (Å²) in [5.41, 5.74) is 6.73. The Bertz CT molecular complexity index is 1160. The van der Waals surface area contributed by atoms with Crippen molar-refractivity contribution in [3.05, 3.63) is 57.6 Å². The van der Waals surface area contributed by atoms with Gasteiger partial charge in [0, 0.05) is 31.7 Å². The highest BCUT2D eigenvalue weighted by atomic mass is 19.1. The van der Waals surface area contributed by atoms with Crippen LogP contribution < -0.4 is 0 Å². The second-order valence-corrected chi connectivity index (χ2v) is 11.1. The average molecular weight is 497 g/mol. The van der Waals surface area contributed by atoms with E-state index >= 15 is 0 Å². The van der Waals surface area contributed by atoms with Crippen molar-refractivity contribution in [2.45, 2.75) is 85.4 Å². The van der Waals surface area contributed by atoms with Crippen molar-refractivity contribution in [2.24, 2.45) is 0 Å². The summed E-state index contributed by atoms with van der Waals surface area (Å²) in [5.74, 6) is -1.04. The minimum Gasteiger partial charge on any atom is -0.479 e. The van der Waals surface area contributed by atoms with Crippen LogP contribution in [-0.4, -0.2) is 51.8 Å². The molecule has 36 heavy (non-hydrogen) atoms. The quantitative estimate of drug-likeness (QED) is 0.556. The van der Waals surface area contributed by atoms with Gasteiger partial charge < -0.3 is 19.6 Å². The second kappa shape index (κ2) is 9.85. The van der Waals surface area contributed by atoms with Crippen LogP contribution in [0.5, 0.6) is 0 Å². The van der Waals surface area contributed by atoms with E-state index in [9.17, 15) is 19.1 Å². The monoisotopic (exact) mass is 496 g/mol. The molecule has 4 rings (SSSR count). The molecule has 0 bridgehead atoms. The number of piperidine rings is 1. The fraction of sp³-hybridized carbons (Fsp3) is 0.517. The highest BCUT2D eigenvalue weighted by Gasteiger charge is 2.37. The van der Waals surface area contributed by atoms with Gasteiger partial charge in [-0.3, -0.25) is 0 Å². The summed E-state index contributed by atoms with van der Waals surface area (Å²) in [4.78, 5) is 29.4. The van der Waals surface area contributed by atoms with E-state index in [2.05, 4.69) is 0 Å². The first kappa shape index (κ1) is 26.1. The maximum Gasteiger partial charge on any atom is 0.337 e. The maximum atomic E-state index is 13.6. The van der Waals surface area contributed by atoms with E-state index in [1.54, 1.807) is 9.80 Å². The zero-order valence-corrected chi connectivity index (χ0v) is 22.2. The predicted molar refractivity (Wildman–Crippen MR) is 138 cm³/mol. The van der Waals surface area contributed by atoms with Crippen LogP contribution in [0.3, 0.4) is 0 Å². The number of carbonyl (C=O) groups excluding carboxylic acids is 1. The van der Waals surface area contributed by atoms with Crippen molar-refractivity contribution in [1.29, 1.82) is 0 Å². The number of carbonyl (C=O) groups is 2. The molecule has 1 N–H and O–H groups in total. The summed E-state index contributed by atoms with van der Waals surface area (Å²) in [7, 11) is 0. The van der Waals surface area contributed by atoms with Crippen LogP contribution in [0.2, 0.25) is 0 Å². The van der Waals surface area contributed by atoms with Gasteiger partial charge in [0.25, 0.3) is 0 Å². The number of urea groups is 1. The molecule has 0 radical (unpaired) electrons. The summed E-state index contributed by atoms with van der Waals surface area (Å²) in [6.45, 7) is 13.2. The summed E-state index contributed by atoms with van der Waals surface area (Å²) >= 11 is 0. The average Bonchev–Trinajstić information content (AvgIpc) is 3.26. The first-order chi connectivity index (χ1) is 16.9. The third-order valence-corrected chi connectivity index (χ3v) is 7.28. The van der Waals surface area contributed by atoms with E-state index in [0.29, 0.717) is 44.6 Å². The standard InChI is InChI=1S/C29H37FN2O4/c1-17-7-9-20(10-8-17)24-18(2)22-15-32(28(35)31-13-11-21(30)12-14-31)16-23(22)19(3)25(24)26(27(33)34)36-29(4,5)6/h7-10,21,26H,11-16H2,1-6H3,(H,33,34)/t26-/m0/s1. The largest absolute Gasteiger partial charge is 0.479 e. The van der Waals surface area contributed by atoms with Crippen molar-refractivity contribution in [1.82, 2.24) is 9.80 Å². The molecule has 1 fully saturated rings. The summed E-state index contributed by atoms with van der Waals surface area (Å²) in [6.07, 6.45) is -1.25. The number of rotatable bonds is 4. The number of aliphatic carboxylic acids is 1. The topological polar surface area (TPSA) is 70.1 Å². The molecule has 0 spiro atoms. The number of carboxylic acids is 1. The molecule has 7 heteroatoms. The molecule has 2 aliphatic heterocycles. The SMILES string of the molecule is Cc1ccc(-c2c(C)c3c(c(C)c2[C@H](OC(C)(C)C)C(=O)O)CN(C(=O)N2CCC(F)CC2)C3)cc1. The zero-order chi connectivity index (χ0) is 26.4. The smallest absolute Gasteiger partial charge is 0.337 e. The Morgan fingerprint density at radius 2 is 1.53 bits per heavy atom. The number of benzene rings is 2. The molecule has 2 aromatic carbocycles. The van der Waals surface area contributed by atoms with E-state index in [-0.39, 0.29) is 6.03 Å². The Morgan fingerprint density at radius 1 is 0.972 bits per heavy atom. The molecular weight excluding hydrogens is 459 g/mol. The van der Waals surface area contributed by atoms with Crippen molar-refractivity contribution >= 4 is 12.0 Å². The Morgan fingerprint density at radius 3 is 2.06 bits per heavy atom. The highest BCUT2D eigenvalue weighted by Crippen LogP contribution is 2.44. The fourth-order valence-electron chi connectivity index (χ4n) is 5.40. The number of alkyl halides is 1. The van der Waals surface area contributed by atoms with Crippen molar-refractivity contribution in [3.8, 4) is 11.1 Å². The van der Waals surface area contributed by atoms with E-state index < -0.39 is 23.8 Å². The summed E-state index contributed by atoms with van der Waals surface area (Å²) in [6, 6.07) is 7.98. The highest BCUT2D eigenvalue weighted by molar-refractivity contribution is 5.85. The van der Waals surface area contributed by atoms with Gasteiger partial charge in [-0.2, -0.15) is 0 Å². The van der Waals surface area contributed by atoms with Gasteiger partial charge in [-0.15, -0.1) is 0 Å². The fourth-order valence-corrected chi connectivity index (χ4v) is 5.40. The van der Waals surface area contributed by atoms with Crippen molar-refractivity contribution in [2.75, 3.05) is 13.1 Å². The van der Waals surface area contributed by atoms with E-state index in [1.165, 1.54) is 0 Å². The number of halogens is 1. The lowest BCUT2D eigenvalue weighted by Gasteiger charge is -2.32. The molecular formula is C29H37FN2O4. The Kier molecular flexibility index (Phi) is 7.15. The van der Waals surface area contributed by atoms with Gasteiger partial charge in [0.2, 0.25) is 0 Å². The number of amides is 2. The van der Waals surface area contributed by atoms with Gasteiger partial charge in [0.05, 0.1) is 5.60 Å². The van der Waals surface area contributed by atoms with Crippen LogP contribution in [0.4, 0.5) is 9.18 Å². The van der Waals surface area contributed by atoms with Crippen LogP contribution in [0.1, 0.15) is 73.1 Å². The Balaban J connectivity index is 1.82. The van der Waals surface area contributed by atoms with Gasteiger partial charge in [-0.25, -0.2) is 14.0 Å². The van der Waals surface area contributed by atoms with Gasteiger partial charge >= 0.3 is 12.0 Å². The number of nitrogens with zero attached hydrogens (tertiary/aromatic N) is 2. The number of carboxylic acid groups (broad SMARTS) is 1. The number of ether oxygens (including phenoxy) is 1. The van der Waals surface area contributed by atoms with Crippen LogP contribution in [-0.2, 0) is 22.6 Å². The van der Waals surface area contributed by atoms with Crippen LogP contribution in [0.25, 0.3) is 11.1 Å².